The molecule has 0 saturated carbocycles. The summed E-state index contributed by atoms with van der Waals surface area (Å²) in [6.45, 7) is 2.08. The van der Waals surface area contributed by atoms with Gasteiger partial charge in [0.1, 0.15) is 6.04 Å². The minimum atomic E-state index is 0.189. The second-order valence-corrected chi connectivity index (χ2v) is 5.00. The third-order valence-electron chi connectivity index (χ3n) is 3.83. The monoisotopic (exact) mass is 250 g/mol. The molecule has 0 aliphatic carbocycles. The number of amidine groups is 1. The lowest BCUT2D eigenvalue weighted by atomic mass is 9.94. The fourth-order valence-electron chi connectivity index (χ4n) is 2.74. The maximum atomic E-state index is 4.84. The van der Waals surface area contributed by atoms with Gasteiger partial charge in [-0.15, -0.1) is 0 Å². The van der Waals surface area contributed by atoms with Crippen molar-refractivity contribution in [1.29, 1.82) is 0 Å². The highest BCUT2D eigenvalue weighted by Gasteiger charge is 2.33. The van der Waals surface area contributed by atoms with Crippen LogP contribution in [0.1, 0.15) is 30.1 Å². The van der Waals surface area contributed by atoms with E-state index in [9.17, 15) is 0 Å². The topological polar surface area (TPSA) is 15.6 Å². The zero-order valence-corrected chi connectivity index (χ0v) is 11.3. The molecule has 2 atom stereocenters. The zero-order chi connectivity index (χ0) is 13.2. The van der Waals surface area contributed by atoms with Crippen LogP contribution in [-0.4, -0.2) is 17.8 Å². The number of hydrogen-bond acceptors (Lipinski definition) is 2. The summed E-state index contributed by atoms with van der Waals surface area (Å²) in [7, 11) is 2.12. The first kappa shape index (κ1) is 12.0. The van der Waals surface area contributed by atoms with Crippen LogP contribution in [0, 0.1) is 0 Å². The van der Waals surface area contributed by atoms with Gasteiger partial charge in [-0.25, -0.2) is 0 Å². The molecule has 0 unspecified atom stereocenters. The van der Waals surface area contributed by atoms with E-state index in [0.717, 1.165) is 5.84 Å². The summed E-state index contributed by atoms with van der Waals surface area (Å²) in [6.07, 6.45) is 0. The van der Waals surface area contributed by atoms with Gasteiger partial charge in [-0.3, -0.25) is 4.99 Å². The van der Waals surface area contributed by atoms with Crippen LogP contribution in [0.5, 0.6) is 0 Å². The van der Waals surface area contributed by atoms with Gasteiger partial charge in [0.25, 0.3) is 0 Å². The Morgan fingerprint density at radius 2 is 1.37 bits per heavy atom. The normalized spacial score (nSPS) is 22.4. The van der Waals surface area contributed by atoms with E-state index in [1.54, 1.807) is 0 Å². The SMILES string of the molecule is CC1=N[C@@H](c2ccccc2)[C@H](c2ccccc2)N1C. The lowest BCUT2D eigenvalue weighted by molar-refractivity contribution is 0.363. The molecule has 3 rings (SSSR count). The van der Waals surface area contributed by atoms with Gasteiger partial charge in [-0.2, -0.15) is 0 Å². The first-order valence-electron chi connectivity index (χ1n) is 6.64. The molecule has 0 saturated heterocycles. The maximum absolute atomic E-state index is 4.84. The number of rotatable bonds is 2. The van der Waals surface area contributed by atoms with Crippen LogP contribution in [0.3, 0.4) is 0 Å². The Balaban J connectivity index is 2.02. The second-order valence-electron chi connectivity index (χ2n) is 5.00. The van der Waals surface area contributed by atoms with Gasteiger partial charge in [-0.1, -0.05) is 60.7 Å². The molecule has 0 amide bonds. The fraction of sp³-hybridized carbons (Fsp3) is 0.235. The number of nitrogens with zero attached hydrogens (tertiary/aromatic N) is 2. The minimum absolute atomic E-state index is 0.189. The lowest BCUT2D eigenvalue weighted by Crippen LogP contribution is -2.25. The summed E-state index contributed by atoms with van der Waals surface area (Å²) in [5, 5.41) is 0. The van der Waals surface area contributed by atoms with Crippen molar-refractivity contribution in [2.24, 2.45) is 4.99 Å². The van der Waals surface area contributed by atoms with Crippen molar-refractivity contribution in [3.8, 4) is 0 Å². The van der Waals surface area contributed by atoms with E-state index < -0.39 is 0 Å². The second kappa shape index (κ2) is 4.88. The third-order valence-corrected chi connectivity index (χ3v) is 3.83. The Morgan fingerprint density at radius 3 is 1.95 bits per heavy atom. The number of likely N-dealkylation sites (N-methyl/N-ethyl adjacent to an activating group) is 1. The van der Waals surface area contributed by atoms with Crippen molar-refractivity contribution in [2.75, 3.05) is 7.05 Å². The molecule has 0 spiro atoms. The van der Waals surface area contributed by atoms with E-state index in [1.165, 1.54) is 11.1 Å². The Kier molecular flexibility index (Phi) is 3.08. The Hall–Kier alpha value is -2.09. The predicted molar refractivity (Wildman–Crippen MR) is 79.2 cm³/mol. The molecule has 96 valence electrons. The zero-order valence-electron chi connectivity index (χ0n) is 11.3. The van der Waals surface area contributed by atoms with Gasteiger partial charge >= 0.3 is 0 Å². The van der Waals surface area contributed by atoms with Crippen molar-refractivity contribution in [1.82, 2.24) is 4.90 Å². The molecule has 2 nitrogen and oxygen atoms in total. The highest BCUT2D eigenvalue weighted by molar-refractivity contribution is 5.82. The summed E-state index contributed by atoms with van der Waals surface area (Å²) < 4.78 is 0. The molecule has 2 aromatic rings. The smallest absolute Gasteiger partial charge is 0.101 e. The van der Waals surface area contributed by atoms with Crippen molar-refractivity contribution in [2.45, 2.75) is 19.0 Å². The number of aliphatic imine (C=N–C) groups is 1. The molecule has 19 heavy (non-hydrogen) atoms. The van der Waals surface area contributed by atoms with Crippen LogP contribution in [0.15, 0.2) is 65.7 Å². The van der Waals surface area contributed by atoms with E-state index in [1.807, 2.05) is 0 Å². The predicted octanol–water partition coefficient (Wildman–Crippen LogP) is 3.83. The van der Waals surface area contributed by atoms with Gasteiger partial charge < -0.3 is 4.90 Å². The average molecular weight is 250 g/mol. The molecule has 1 heterocycles. The highest BCUT2D eigenvalue weighted by Crippen LogP contribution is 2.40. The van der Waals surface area contributed by atoms with Crippen molar-refractivity contribution in [3.05, 3.63) is 71.8 Å². The first-order valence-corrected chi connectivity index (χ1v) is 6.64. The minimum Gasteiger partial charge on any atom is -0.354 e. The van der Waals surface area contributed by atoms with Gasteiger partial charge in [0.15, 0.2) is 0 Å². The van der Waals surface area contributed by atoms with Gasteiger partial charge in [0, 0.05) is 7.05 Å². The summed E-state index contributed by atoms with van der Waals surface area (Å²) in [5.41, 5.74) is 2.60. The van der Waals surface area contributed by atoms with Gasteiger partial charge in [-0.05, 0) is 18.1 Å². The summed E-state index contributed by atoms with van der Waals surface area (Å²) in [6, 6.07) is 21.7. The molecule has 2 aromatic carbocycles. The fourth-order valence-corrected chi connectivity index (χ4v) is 2.74. The van der Waals surface area contributed by atoms with Gasteiger partial charge in [0.2, 0.25) is 0 Å². The Bertz CT molecular complexity index is 575. The van der Waals surface area contributed by atoms with Crippen LogP contribution < -0.4 is 0 Å². The largest absolute Gasteiger partial charge is 0.354 e. The molecule has 0 fully saturated rings. The van der Waals surface area contributed by atoms with Crippen LogP contribution in [0.2, 0.25) is 0 Å². The molecular weight excluding hydrogens is 232 g/mol. The molecule has 1 aliphatic heterocycles. The molecular formula is C17H18N2. The van der Waals surface area contributed by atoms with Crippen molar-refractivity contribution >= 4 is 5.84 Å². The van der Waals surface area contributed by atoms with Crippen molar-refractivity contribution in [3.63, 3.8) is 0 Å². The van der Waals surface area contributed by atoms with Crippen LogP contribution in [0.25, 0.3) is 0 Å². The Labute approximate surface area is 114 Å². The molecule has 1 aliphatic rings. The van der Waals surface area contributed by atoms with Crippen LogP contribution in [-0.2, 0) is 0 Å². The molecule has 2 heteroatoms. The van der Waals surface area contributed by atoms with E-state index in [0.29, 0.717) is 6.04 Å². The third kappa shape index (κ3) is 2.14. The van der Waals surface area contributed by atoms with Crippen LogP contribution in [0.4, 0.5) is 0 Å². The molecule has 0 bridgehead atoms. The summed E-state index contributed by atoms with van der Waals surface area (Å²) in [4.78, 5) is 7.11. The van der Waals surface area contributed by atoms with Gasteiger partial charge in [0.05, 0.1) is 11.9 Å². The standard InChI is InChI=1S/C17H18N2/c1-13-18-16(14-9-5-3-6-10-14)17(19(13)2)15-11-7-4-8-12-15/h3-12,16-17H,1-2H3/t16-,17-/m0/s1. The molecule has 0 N–H and O–H groups in total. The average Bonchev–Trinajstić information content (AvgIpc) is 2.77. The van der Waals surface area contributed by atoms with E-state index in [-0.39, 0.29) is 6.04 Å². The number of hydrogen-bond donors (Lipinski definition) is 0. The Morgan fingerprint density at radius 1 is 0.842 bits per heavy atom. The quantitative estimate of drug-likeness (QED) is 0.791. The molecule has 0 aromatic heterocycles. The highest BCUT2D eigenvalue weighted by atomic mass is 15.3. The first-order chi connectivity index (χ1) is 9.27. The van der Waals surface area contributed by atoms with Crippen molar-refractivity contribution < 1.29 is 0 Å². The van der Waals surface area contributed by atoms with E-state index >= 15 is 0 Å². The summed E-state index contributed by atoms with van der Waals surface area (Å²) >= 11 is 0. The summed E-state index contributed by atoms with van der Waals surface area (Å²) in [5.74, 6) is 1.10. The molecule has 0 radical (unpaired) electrons. The maximum Gasteiger partial charge on any atom is 0.101 e. The number of benzene rings is 2. The van der Waals surface area contributed by atoms with Crippen LogP contribution >= 0.6 is 0 Å². The van der Waals surface area contributed by atoms with E-state index in [2.05, 4.69) is 79.5 Å². The lowest BCUT2D eigenvalue weighted by Gasteiger charge is -2.26. The van der Waals surface area contributed by atoms with E-state index in [4.69, 9.17) is 4.99 Å².